The number of rotatable bonds is 6. The number of aromatic amines is 2. The number of imidazole rings is 2. The molecule has 4 N–H and O–H groups in total. The number of H-pyrrole nitrogens is 2. The van der Waals surface area contributed by atoms with Crippen molar-refractivity contribution < 1.29 is 9.59 Å². The monoisotopic (exact) mass is 340 g/mol. The van der Waals surface area contributed by atoms with Gasteiger partial charge in [-0.05, 0) is 24.6 Å². The summed E-state index contributed by atoms with van der Waals surface area (Å²) in [5, 5.41) is 5.54. The van der Waals surface area contributed by atoms with Crippen LogP contribution in [0.2, 0.25) is 0 Å². The number of carbonyl (C=O) groups is 2. The van der Waals surface area contributed by atoms with Crippen LogP contribution in [0.1, 0.15) is 24.0 Å². The maximum absolute atomic E-state index is 12.5. The van der Waals surface area contributed by atoms with E-state index in [1.807, 2.05) is 25.1 Å². The van der Waals surface area contributed by atoms with Crippen molar-refractivity contribution in [3.63, 3.8) is 0 Å². The van der Waals surface area contributed by atoms with E-state index < -0.39 is 6.04 Å². The first-order valence-electron chi connectivity index (χ1n) is 7.98. The topological polar surface area (TPSA) is 116 Å². The van der Waals surface area contributed by atoms with Crippen molar-refractivity contribution in [3.8, 4) is 0 Å². The van der Waals surface area contributed by atoms with Gasteiger partial charge < -0.3 is 20.6 Å². The predicted octanol–water partition coefficient (Wildman–Crippen LogP) is 0.958. The van der Waals surface area contributed by atoms with E-state index in [2.05, 4.69) is 30.6 Å². The molecule has 1 aromatic carbocycles. The van der Waals surface area contributed by atoms with Gasteiger partial charge in [0.15, 0.2) is 0 Å². The minimum atomic E-state index is -0.656. The third kappa shape index (κ3) is 4.23. The van der Waals surface area contributed by atoms with Gasteiger partial charge in [0.1, 0.15) is 11.9 Å². The average Bonchev–Trinajstić information content (AvgIpc) is 3.19. The van der Waals surface area contributed by atoms with Gasteiger partial charge in [-0.15, -0.1) is 0 Å². The Hall–Kier alpha value is -3.16. The number of nitrogens with one attached hydrogen (secondary N) is 4. The van der Waals surface area contributed by atoms with Gasteiger partial charge in [-0.25, -0.2) is 9.97 Å². The van der Waals surface area contributed by atoms with Crippen LogP contribution in [0.25, 0.3) is 11.0 Å². The van der Waals surface area contributed by atoms with Crippen molar-refractivity contribution in [2.24, 2.45) is 0 Å². The quantitative estimate of drug-likeness (QED) is 0.535. The highest BCUT2D eigenvalue weighted by molar-refractivity contribution is 5.87. The highest BCUT2D eigenvalue weighted by Crippen LogP contribution is 2.13. The highest BCUT2D eigenvalue weighted by atomic mass is 16.2. The van der Waals surface area contributed by atoms with E-state index in [4.69, 9.17) is 0 Å². The maximum Gasteiger partial charge on any atom is 0.243 e. The molecule has 0 fully saturated rings. The van der Waals surface area contributed by atoms with Crippen molar-refractivity contribution in [1.82, 2.24) is 30.6 Å². The fourth-order valence-corrected chi connectivity index (χ4v) is 2.68. The largest absolute Gasteiger partial charge is 0.350 e. The number of hydrogen-bond acceptors (Lipinski definition) is 4. The first-order valence-corrected chi connectivity index (χ1v) is 7.98. The van der Waals surface area contributed by atoms with Gasteiger partial charge in [0.05, 0.1) is 17.4 Å². The molecule has 3 rings (SSSR count). The van der Waals surface area contributed by atoms with Gasteiger partial charge in [-0.2, -0.15) is 0 Å². The summed E-state index contributed by atoms with van der Waals surface area (Å²) in [6, 6.07) is 5.13. The zero-order valence-electron chi connectivity index (χ0n) is 14.1. The molecule has 0 saturated heterocycles. The molecule has 0 aliphatic rings. The minimum absolute atomic E-state index is 0.245. The number of nitrogens with zero attached hydrogens (tertiary/aromatic N) is 2. The smallest absolute Gasteiger partial charge is 0.243 e. The summed E-state index contributed by atoms with van der Waals surface area (Å²) >= 11 is 0. The Bertz CT molecular complexity index is 884. The third-order valence-corrected chi connectivity index (χ3v) is 3.80. The first-order chi connectivity index (χ1) is 12.0. The van der Waals surface area contributed by atoms with E-state index in [1.54, 1.807) is 12.5 Å². The molecule has 8 nitrogen and oxygen atoms in total. The Morgan fingerprint density at radius 2 is 2.16 bits per heavy atom. The molecular formula is C17H20N6O2. The van der Waals surface area contributed by atoms with E-state index in [-0.39, 0.29) is 11.8 Å². The molecule has 0 spiro atoms. The molecular weight excluding hydrogens is 320 g/mol. The van der Waals surface area contributed by atoms with Gasteiger partial charge in [0.25, 0.3) is 0 Å². The summed E-state index contributed by atoms with van der Waals surface area (Å²) in [5.74, 6) is 0.348. The van der Waals surface area contributed by atoms with Crippen LogP contribution >= 0.6 is 0 Å². The molecule has 25 heavy (non-hydrogen) atoms. The fourth-order valence-electron chi connectivity index (χ4n) is 2.68. The van der Waals surface area contributed by atoms with E-state index in [1.165, 1.54) is 6.92 Å². The Morgan fingerprint density at radius 3 is 2.88 bits per heavy atom. The van der Waals surface area contributed by atoms with Gasteiger partial charge in [-0.3, -0.25) is 9.59 Å². The second-order valence-corrected chi connectivity index (χ2v) is 5.93. The van der Waals surface area contributed by atoms with Crippen LogP contribution in [-0.2, 0) is 22.6 Å². The van der Waals surface area contributed by atoms with Gasteiger partial charge >= 0.3 is 0 Å². The molecule has 2 heterocycles. The molecule has 0 saturated carbocycles. The van der Waals surface area contributed by atoms with Crippen molar-refractivity contribution in [2.75, 3.05) is 0 Å². The van der Waals surface area contributed by atoms with Crippen LogP contribution in [0.5, 0.6) is 0 Å². The Balaban J connectivity index is 1.65. The second kappa shape index (κ2) is 7.16. The number of amides is 2. The van der Waals surface area contributed by atoms with Crippen LogP contribution in [0.4, 0.5) is 0 Å². The lowest BCUT2D eigenvalue weighted by atomic mass is 10.1. The number of benzene rings is 1. The molecule has 2 amide bonds. The number of aromatic nitrogens is 4. The first kappa shape index (κ1) is 16.7. The molecule has 3 aromatic rings. The lowest BCUT2D eigenvalue weighted by molar-refractivity contribution is -0.128. The molecule has 2 aromatic heterocycles. The lowest BCUT2D eigenvalue weighted by Crippen LogP contribution is -2.47. The number of carbonyl (C=O) groups excluding carboxylic acids is 2. The summed E-state index contributed by atoms with van der Waals surface area (Å²) in [7, 11) is 0. The van der Waals surface area contributed by atoms with Crippen molar-refractivity contribution in [3.05, 3.63) is 47.8 Å². The molecule has 8 heteroatoms. The average molecular weight is 340 g/mol. The van der Waals surface area contributed by atoms with Crippen molar-refractivity contribution >= 4 is 22.8 Å². The zero-order chi connectivity index (χ0) is 17.8. The Morgan fingerprint density at radius 1 is 1.32 bits per heavy atom. The van der Waals surface area contributed by atoms with Crippen LogP contribution < -0.4 is 10.6 Å². The summed E-state index contributed by atoms with van der Waals surface area (Å²) in [6.07, 6.45) is 3.53. The second-order valence-electron chi connectivity index (χ2n) is 5.93. The van der Waals surface area contributed by atoms with E-state index in [0.29, 0.717) is 13.0 Å². The molecule has 130 valence electrons. The third-order valence-electron chi connectivity index (χ3n) is 3.80. The minimum Gasteiger partial charge on any atom is -0.350 e. The van der Waals surface area contributed by atoms with Crippen molar-refractivity contribution in [2.45, 2.75) is 32.9 Å². The molecule has 0 unspecified atom stereocenters. The summed E-state index contributed by atoms with van der Waals surface area (Å²) in [5.41, 5.74) is 3.55. The van der Waals surface area contributed by atoms with Crippen LogP contribution in [0.3, 0.4) is 0 Å². The van der Waals surface area contributed by atoms with Crippen molar-refractivity contribution in [1.29, 1.82) is 0 Å². The number of aryl methyl sites for hydroxylation is 1. The van der Waals surface area contributed by atoms with E-state index in [0.717, 1.165) is 28.1 Å². The normalized spacial score (nSPS) is 12.1. The van der Waals surface area contributed by atoms with E-state index in [9.17, 15) is 9.59 Å². The van der Waals surface area contributed by atoms with E-state index >= 15 is 0 Å². The maximum atomic E-state index is 12.5. The van der Waals surface area contributed by atoms with Crippen LogP contribution in [-0.4, -0.2) is 37.8 Å². The standard InChI is InChI=1S/C17H20N6O2/c1-10-21-14-4-3-12(5-15(14)22-10)7-19-17(25)16(23-11(2)24)6-13-8-18-9-20-13/h3-5,8-9,16H,6-7H2,1-2H3,(H,18,20)(H,19,25)(H,21,22)(H,23,24)/t16-/m0/s1. The molecule has 1 atom stereocenters. The molecule has 0 bridgehead atoms. The number of hydrogen-bond donors (Lipinski definition) is 4. The SMILES string of the molecule is CC(=O)N[C@@H](Cc1cnc[nH]1)C(=O)NCc1ccc2nc(C)[nH]c2c1. The molecule has 0 radical (unpaired) electrons. The zero-order valence-corrected chi connectivity index (χ0v) is 14.1. The molecule has 0 aliphatic carbocycles. The fraction of sp³-hybridized carbons (Fsp3) is 0.294. The van der Waals surface area contributed by atoms with Crippen LogP contribution in [0.15, 0.2) is 30.7 Å². The molecule has 0 aliphatic heterocycles. The highest BCUT2D eigenvalue weighted by Gasteiger charge is 2.20. The van der Waals surface area contributed by atoms with Gasteiger partial charge in [0.2, 0.25) is 11.8 Å². The van der Waals surface area contributed by atoms with Crippen LogP contribution in [0, 0.1) is 6.92 Å². The predicted molar refractivity (Wildman–Crippen MR) is 92.6 cm³/mol. The van der Waals surface area contributed by atoms with Gasteiger partial charge in [-0.1, -0.05) is 6.07 Å². The summed E-state index contributed by atoms with van der Waals surface area (Å²) in [6.45, 7) is 3.66. The Kier molecular flexibility index (Phi) is 4.78. The summed E-state index contributed by atoms with van der Waals surface area (Å²) in [4.78, 5) is 38.2. The Labute approximate surface area is 144 Å². The van der Waals surface area contributed by atoms with Gasteiger partial charge in [0, 0.05) is 31.8 Å². The lowest BCUT2D eigenvalue weighted by Gasteiger charge is -2.17. The number of fused-ring (bicyclic) bond motifs is 1. The summed E-state index contributed by atoms with van der Waals surface area (Å²) < 4.78 is 0.